The summed E-state index contributed by atoms with van der Waals surface area (Å²) in [4.78, 5) is 11.7. The number of hydrogen-bond acceptors (Lipinski definition) is 2. The van der Waals surface area contributed by atoms with Gasteiger partial charge in [0.25, 0.3) is 5.91 Å². The molecule has 3 nitrogen and oxygen atoms in total. The zero-order valence-electron chi connectivity index (χ0n) is 10.3. The van der Waals surface area contributed by atoms with Crippen LogP contribution in [-0.2, 0) is 6.54 Å². The fourth-order valence-electron chi connectivity index (χ4n) is 1.65. The van der Waals surface area contributed by atoms with Crippen LogP contribution in [0.3, 0.4) is 0 Å². The van der Waals surface area contributed by atoms with Crippen molar-refractivity contribution in [1.29, 1.82) is 0 Å². The van der Waals surface area contributed by atoms with Crippen LogP contribution >= 0.6 is 0 Å². The number of nitrogens with one attached hydrogen (secondary N) is 1. The first-order chi connectivity index (χ1) is 9.47. The molecule has 0 unspecified atom stereocenters. The van der Waals surface area contributed by atoms with Gasteiger partial charge in [0.2, 0.25) is 0 Å². The van der Waals surface area contributed by atoms with Crippen LogP contribution in [0.5, 0.6) is 0 Å². The third-order valence-electron chi connectivity index (χ3n) is 2.69. The Balaban J connectivity index is 2.08. The van der Waals surface area contributed by atoms with Crippen molar-refractivity contribution in [3.63, 3.8) is 0 Å². The van der Waals surface area contributed by atoms with Crippen LogP contribution in [0.1, 0.15) is 15.9 Å². The van der Waals surface area contributed by atoms with Gasteiger partial charge < -0.3 is 11.1 Å². The normalized spacial score (nSPS) is 10.3. The van der Waals surface area contributed by atoms with Gasteiger partial charge >= 0.3 is 0 Å². The van der Waals surface area contributed by atoms with E-state index in [1.807, 2.05) is 0 Å². The van der Waals surface area contributed by atoms with Crippen LogP contribution in [0.4, 0.5) is 18.9 Å². The fraction of sp³-hybridized carbons (Fsp3) is 0.0714. The smallest absolute Gasteiger partial charge is 0.254 e. The summed E-state index contributed by atoms with van der Waals surface area (Å²) in [5.41, 5.74) is 5.48. The van der Waals surface area contributed by atoms with E-state index < -0.39 is 23.4 Å². The Morgan fingerprint density at radius 2 is 1.80 bits per heavy atom. The highest BCUT2D eigenvalue weighted by atomic mass is 19.1. The molecule has 0 bridgehead atoms. The minimum absolute atomic E-state index is 0.107. The lowest BCUT2D eigenvalue weighted by atomic mass is 10.1. The molecule has 0 spiro atoms. The number of hydrogen-bond donors (Lipinski definition) is 2. The summed E-state index contributed by atoms with van der Waals surface area (Å²) in [6.45, 7) is -0.172. The van der Waals surface area contributed by atoms with E-state index in [9.17, 15) is 18.0 Å². The molecule has 0 radical (unpaired) electrons. The minimum atomic E-state index is -0.775. The van der Waals surface area contributed by atoms with Gasteiger partial charge in [0.15, 0.2) is 0 Å². The first-order valence-corrected chi connectivity index (χ1v) is 5.74. The van der Waals surface area contributed by atoms with Gasteiger partial charge in [0, 0.05) is 23.9 Å². The average Bonchev–Trinajstić information content (AvgIpc) is 2.37. The van der Waals surface area contributed by atoms with E-state index in [4.69, 9.17) is 5.73 Å². The molecule has 0 saturated heterocycles. The molecule has 0 aliphatic rings. The minimum Gasteiger partial charge on any atom is -0.399 e. The number of nitrogen functional groups attached to an aromatic ring is 1. The van der Waals surface area contributed by atoms with E-state index in [0.717, 1.165) is 12.1 Å². The second-order valence-corrected chi connectivity index (χ2v) is 4.16. The zero-order chi connectivity index (χ0) is 14.7. The van der Waals surface area contributed by atoms with E-state index in [2.05, 4.69) is 5.32 Å². The molecule has 2 aromatic carbocycles. The number of halogens is 3. The maximum atomic E-state index is 13.5. The van der Waals surface area contributed by atoms with Gasteiger partial charge in [0.1, 0.15) is 17.5 Å². The van der Waals surface area contributed by atoms with Gasteiger partial charge in [-0.3, -0.25) is 4.79 Å². The number of rotatable bonds is 3. The molecular formula is C14H11F3N2O. The van der Waals surface area contributed by atoms with E-state index in [-0.39, 0.29) is 23.4 Å². The van der Waals surface area contributed by atoms with Crippen LogP contribution < -0.4 is 11.1 Å². The fourth-order valence-corrected chi connectivity index (χ4v) is 1.65. The van der Waals surface area contributed by atoms with Gasteiger partial charge in [-0.25, -0.2) is 13.2 Å². The van der Waals surface area contributed by atoms with Crippen LogP contribution in [0.15, 0.2) is 36.4 Å². The molecule has 20 heavy (non-hydrogen) atoms. The highest BCUT2D eigenvalue weighted by molar-refractivity contribution is 5.94. The second-order valence-electron chi connectivity index (χ2n) is 4.16. The summed E-state index contributed by atoms with van der Waals surface area (Å²) in [6.07, 6.45) is 0. The lowest BCUT2D eigenvalue weighted by Gasteiger charge is -2.07. The Labute approximate surface area is 113 Å². The zero-order valence-corrected chi connectivity index (χ0v) is 10.3. The average molecular weight is 280 g/mol. The molecule has 104 valence electrons. The number of benzene rings is 2. The van der Waals surface area contributed by atoms with E-state index in [0.29, 0.717) is 6.07 Å². The van der Waals surface area contributed by atoms with Crippen molar-refractivity contribution in [2.75, 3.05) is 5.73 Å². The summed E-state index contributed by atoms with van der Waals surface area (Å²) in [6, 6.07) is 6.65. The number of carbonyl (C=O) groups is 1. The number of nitrogens with two attached hydrogens (primary N) is 1. The van der Waals surface area contributed by atoms with Crippen molar-refractivity contribution in [3.05, 3.63) is 65.0 Å². The summed E-state index contributed by atoms with van der Waals surface area (Å²) in [7, 11) is 0. The monoisotopic (exact) mass is 280 g/mol. The first-order valence-electron chi connectivity index (χ1n) is 5.74. The van der Waals surface area contributed by atoms with Gasteiger partial charge in [-0.1, -0.05) is 6.07 Å². The lowest BCUT2D eigenvalue weighted by molar-refractivity contribution is 0.0946. The van der Waals surface area contributed by atoms with Crippen molar-refractivity contribution in [2.24, 2.45) is 0 Å². The Morgan fingerprint density at radius 3 is 2.45 bits per heavy atom. The number of anilines is 1. The standard InChI is InChI=1S/C14H11F3N2O/c15-9-2-1-8(12(16)5-9)7-19-14(20)11-4-3-10(18)6-13(11)17/h1-6H,7,18H2,(H,19,20). The van der Waals surface area contributed by atoms with E-state index >= 15 is 0 Å². The Kier molecular flexibility index (Phi) is 3.93. The molecule has 0 heterocycles. The van der Waals surface area contributed by atoms with Crippen molar-refractivity contribution < 1.29 is 18.0 Å². The molecule has 0 aliphatic heterocycles. The van der Waals surface area contributed by atoms with Crippen LogP contribution in [0.25, 0.3) is 0 Å². The largest absolute Gasteiger partial charge is 0.399 e. The predicted octanol–water partition coefficient (Wildman–Crippen LogP) is 2.62. The highest BCUT2D eigenvalue weighted by Gasteiger charge is 2.12. The van der Waals surface area contributed by atoms with Gasteiger partial charge in [0.05, 0.1) is 5.56 Å². The van der Waals surface area contributed by atoms with Crippen molar-refractivity contribution in [2.45, 2.75) is 6.54 Å². The van der Waals surface area contributed by atoms with E-state index in [1.54, 1.807) is 0 Å². The molecule has 6 heteroatoms. The molecular weight excluding hydrogens is 269 g/mol. The molecule has 0 aromatic heterocycles. The summed E-state index contributed by atoms with van der Waals surface area (Å²) >= 11 is 0. The first kappa shape index (κ1) is 13.9. The lowest BCUT2D eigenvalue weighted by Crippen LogP contribution is -2.24. The summed E-state index contributed by atoms with van der Waals surface area (Å²) < 4.78 is 39.6. The Hall–Kier alpha value is -2.50. The summed E-state index contributed by atoms with van der Waals surface area (Å²) in [5.74, 6) is -2.95. The summed E-state index contributed by atoms with van der Waals surface area (Å²) in [5, 5.41) is 2.35. The molecule has 0 atom stereocenters. The molecule has 0 aliphatic carbocycles. The SMILES string of the molecule is Nc1ccc(C(=O)NCc2ccc(F)cc2F)c(F)c1. The Bertz CT molecular complexity index is 659. The van der Waals surface area contributed by atoms with Crippen molar-refractivity contribution in [3.8, 4) is 0 Å². The highest BCUT2D eigenvalue weighted by Crippen LogP contribution is 2.13. The quantitative estimate of drug-likeness (QED) is 0.849. The third kappa shape index (κ3) is 3.09. The van der Waals surface area contributed by atoms with E-state index in [1.165, 1.54) is 18.2 Å². The van der Waals surface area contributed by atoms with Gasteiger partial charge in [-0.15, -0.1) is 0 Å². The predicted molar refractivity (Wildman–Crippen MR) is 68.3 cm³/mol. The third-order valence-corrected chi connectivity index (χ3v) is 2.69. The van der Waals surface area contributed by atoms with Gasteiger partial charge in [-0.05, 0) is 24.3 Å². The van der Waals surface area contributed by atoms with Crippen LogP contribution in [-0.4, -0.2) is 5.91 Å². The number of amides is 1. The van der Waals surface area contributed by atoms with Crippen LogP contribution in [0.2, 0.25) is 0 Å². The maximum absolute atomic E-state index is 13.5. The molecule has 0 saturated carbocycles. The molecule has 1 amide bonds. The number of carbonyl (C=O) groups excluding carboxylic acids is 1. The molecule has 2 aromatic rings. The Morgan fingerprint density at radius 1 is 1.05 bits per heavy atom. The van der Waals surface area contributed by atoms with Crippen LogP contribution in [0, 0.1) is 17.5 Å². The second kappa shape index (κ2) is 5.64. The topological polar surface area (TPSA) is 55.1 Å². The van der Waals surface area contributed by atoms with Gasteiger partial charge in [-0.2, -0.15) is 0 Å². The molecule has 3 N–H and O–H groups in total. The molecule has 0 fully saturated rings. The molecule has 2 rings (SSSR count). The van der Waals surface area contributed by atoms with Crippen molar-refractivity contribution >= 4 is 11.6 Å². The van der Waals surface area contributed by atoms with Crippen molar-refractivity contribution in [1.82, 2.24) is 5.32 Å². The maximum Gasteiger partial charge on any atom is 0.254 e.